The van der Waals surface area contributed by atoms with E-state index < -0.39 is 0 Å². The summed E-state index contributed by atoms with van der Waals surface area (Å²) in [5, 5.41) is 0. The van der Waals surface area contributed by atoms with Gasteiger partial charge in [-0.15, -0.1) is 0 Å². The summed E-state index contributed by atoms with van der Waals surface area (Å²) in [6.07, 6.45) is 18.1. The third-order valence-electron chi connectivity index (χ3n) is 15.1. The summed E-state index contributed by atoms with van der Waals surface area (Å²) >= 11 is 0. The molecule has 0 N–H and O–H groups in total. The van der Waals surface area contributed by atoms with Crippen molar-refractivity contribution in [1.82, 2.24) is 15.0 Å². The monoisotopic (exact) mass is 739 g/mol. The Balaban J connectivity index is 1.11. The molecule has 1 aromatic heterocycles. The maximum absolute atomic E-state index is 5.24. The molecule has 1 spiro atoms. The Morgan fingerprint density at radius 1 is 0.526 bits per heavy atom. The van der Waals surface area contributed by atoms with E-state index in [1.54, 1.807) is 5.56 Å². The van der Waals surface area contributed by atoms with Crippen LogP contribution in [0, 0.1) is 23.7 Å². The van der Waals surface area contributed by atoms with E-state index in [-0.39, 0.29) is 22.7 Å². The largest absolute Gasteiger partial charge is 0.208 e. The van der Waals surface area contributed by atoms with Crippen molar-refractivity contribution in [1.29, 1.82) is 0 Å². The smallest absolute Gasteiger partial charge is 0.164 e. The second kappa shape index (κ2) is 12.1. The zero-order valence-electron chi connectivity index (χ0n) is 33.3. The first-order chi connectivity index (χ1) is 27.8. The molecule has 3 unspecified atom stereocenters. The fourth-order valence-corrected chi connectivity index (χ4v) is 13.0. The molecule has 4 bridgehead atoms. The molecule has 280 valence electrons. The third kappa shape index (κ3) is 4.93. The van der Waals surface area contributed by atoms with Crippen molar-refractivity contribution >= 4 is 0 Å². The Morgan fingerprint density at radius 2 is 1.09 bits per heavy atom. The number of hydrogen-bond donors (Lipinski definition) is 0. The van der Waals surface area contributed by atoms with E-state index in [4.69, 9.17) is 15.0 Å². The summed E-state index contributed by atoms with van der Waals surface area (Å²) < 4.78 is 0. The molecule has 7 aliphatic rings. The van der Waals surface area contributed by atoms with Gasteiger partial charge in [-0.1, -0.05) is 154 Å². The minimum Gasteiger partial charge on any atom is -0.208 e. The van der Waals surface area contributed by atoms with Crippen molar-refractivity contribution < 1.29 is 0 Å². The van der Waals surface area contributed by atoms with E-state index in [1.165, 1.54) is 77.5 Å². The topological polar surface area (TPSA) is 38.7 Å². The molecule has 3 heteroatoms. The molecule has 6 aromatic rings. The van der Waals surface area contributed by atoms with Gasteiger partial charge in [-0.05, 0) is 118 Å². The SMILES string of the molecule is CC(C)(C)c1ccc2c(c1)C1(c3cc(C45CC6CC(CC(C6)C4)C5)ccc3-2)c2cc(-c3nc(-c4ccccc4)nc(-c4ccccc4)n3)ccc2C2C=CC=CC21. The lowest BCUT2D eigenvalue weighted by Crippen LogP contribution is -2.48. The quantitative estimate of drug-likeness (QED) is 0.181. The third-order valence-corrected chi connectivity index (χ3v) is 15.1. The highest BCUT2D eigenvalue weighted by Crippen LogP contribution is 2.67. The Morgan fingerprint density at radius 3 is 1.70 bits per heavy atom. The lowest BCUT2D eigenvalue weighted by Gasteiger charge is -2.57. The van der Waals surface area contributed by atoms with E-state index in [2.05, 4.69) is 148 Å². The van der Waals surface area contributed by atoms with Gasteiger partial charge in [0.15, 0.2) is 17.5 Å². The van der Waals surface area contributed by atoms with Crippen LogP contribution in [-0.2, 0) is 16.2 Å². The first-order valence-corrected chi connectivity index (χ1v) is 21.4. The van der Waals surface area contributed by atoms with Gasteiger partial charge in [0.25, 0.3) is 0 Å². The van der Waals surface area contributed by atoms with Gasteiger partial charge in [0.05, 0.1) is 5.41 Å². The van der Waals surface area contributed by atoms with Gasteiger partial charge in [-0.2, -0.15) is 0 Å². The molecular weight excluding hydrogens is 691 g/mol. The van der Waals surface area contributed by atoms with Gasteiger partial charge in [0.2, 0.25) is 0 Å². The summed E-state index contributed by atoms with van der Waals surface area (Å²) in [5.74, 6) is 5.34. The van der Waals surface area contributed by atoms with Crippen molar-refractivity contribution in [3.63, 3.8) is 0 Å². The van der Waals surface area contributed by atoms with Crippen LogP contribution < -0.4 is 0 Å². The van der Waals surface area contributed by atoms with Gasteiger partial charge in [0, 0.05) is 28.5 Å². The van der Waals surface area contributed by atoms with Crippen LogP contribution in [0.3, 0.4) is 0 Å². The van der Waals surface area contributed by atoms with Gasteiger partial charge < -0.3 is 0 Å². The van der Waals surface area contributed by atoms with Crippen LogP contribution >= 0.6 is 0 Å². The van der Waals surface area contributed by atoms with Gasteiger partial charge in [-0.25, -0.2) is 15.0 Å². The Labute approximate surface area is 337 Å². The number of nitrogens with zero attached hydrogens (tertiary/aromatic N) is 3. The highest BCUT2D eigenvalue weighted by molar-refractivity contribution is 5.87. The zero-order chi connectivity index (χ0) is 38.1. The summed E-state index contributed by atoms with van der Waals surface area (Å²) in [7, 11) is 0. The van der Waals surface area contributed by atoms with E-state index in [9.17, 15) is 0 Å². The lowest BCUT2D eigenvalue weighted by atomic mass is 9.48. The number of aromatic nitrogens is 3. The standard InChI is InChI=1S/C54H49N3/c1-52(2,3)39-19-22-43-44-23-20-40(53-30-33-24-34(31-53)26-35(25-33)32-53)29-48(44)54(47(43)28-39)45-17-11-10-16-41(45)42-21-18-38(27-46(42)54)51-56-49(36-12-6-4-7-13-36)55-50(57-51)37-14-8-5-9-15-37/h4-23,27-29,33-35,41,45H,24-26,30-32H2,1-3H3. The maximum Gasteiger partial charge on any atom is 0.164 e. The van der Waals surface area contributed by atoms with Crippen LogP contribution in [0.4, 0.5) is 0 Å². The molecule has 7 aliphatic carbocycles. The minimum atomic E-state index is -0.348. The Kier molecular flexibility index (Phi) is 7.13. The molecule has 0 amide bonds. The summed E-state index contributed by atoms with van der Waals surface area (Å²) in [6.45, 7) is 7.07. The number of rotatable bonds is 4. The van der Waals surface area contributed by atoms with E-state index in [0.29, 0.717) is 22.9 Å². The van der Waals surface area contributed by atoms with Crippen molar-refractivity contribution in [3.05, 3.63) is 173 Å². The fourth-order valence-electron chi connectivity index (χ4n) is 13.0. The minimum absolute atomic E-state index is 0.0207. The second-order valence-corrected chi connectivity index (χ2v) is 19.4. The second-order valence-electron chi connectivity index (χ2n) is 19.4. The fraction of sp³-hybridized carbons (Fsp3) is 0.315. The molecule has 13 rings (SSSR count). The summed E-state index contributed by atoms with van der Waals surface area (Å²) in [4.78, 5) is 15.5. The molecule has 3 atom stereocenters. The highest BCUT2D eigenvalue weighted by atomic mass is 15.0. The molecule has 3 nitrogen and oxygen atoms in total. The first-order valence-electron chi connectivity index (χ1n) is 21.4. The highest BCUT2D eigenvalue weighted by Gasteiger charge is 2.58. The van der Waals surface area contributed by atoms with Gasteiger partial charge in [0.1, 0.15) is 0 Å². The molecule has 4 fully saturated rings. The van der Waals surface area contributed by atoms with E-state index in [1.807, 2.05) is 12.1 Å². The molecule has 57 heavy (non-hydrogen) atoms. The average molecular weight is 740 g/mol. The Bertz CT molecular complexity index is 2570. The molecule has 1 heterocycles. The predicted molar refractivity (Wildman–Crippen MR) is 231 cm³/mol. The maximum atomic E-state index is 5.24. The number of allylic oxidation sites excluding steroid dienone is 4. The Hall–Kier alpha value is -5.41. The molecule has 0 saturated heterocycles. The van der Waals surface area contributed by atoms with Gasteiger partial charge in [-0.3, -0.25) is 0 Å². The average Bonchev–Trinajstić information content (AvgIpc) is 3.70. The van der Waals surface area contributed by atoms with Crippen LogP contribution in [0.1, 0.15) is 98.6 Å². The van der Waals surface area contributed by atoms with Crippen LogP contribution in [0.5, 0.6) is 0 Å². The summed E-state index contributed by atoms with van der Waals surface area (Å²) in [5.41, 5.74) is 14.6. The van der Waals surface area contributed by atoms with Crippen LogP contribution in [0.2, 0.25) is 0 Å². The first kappa shape index (κ1) is 33.7. The van der Waals surface area contributed by atoms with Crippen molar-refractivity contribution in [2.24, 2.45) is 23.7 Å². The number of fused-ring (bicyclic) bond motifs is 10. The van der Waals surface area contributed by atoms with Crippen molar-refractivity contribution in [2.75, 3.05) is 0 Å². The van der Waals surface area contributed by atoms with Gasteiger partial charge >= 0.3 is 0 Å². The molecule has 0 aliphatic heterocycles. The van der Waals surface area contributed by atoms with Crippen molar-refractivity contribution in [3.8, 4) is 45.3 Å². The van der Waals surface area contributed by atoms with E-state index >= 15 is 0 Å². The zero-order valence-corrected chi connectivity index (χ0v) is 33.3. The van der Waals surface area contributed by atoms with Crippen LogP contribution in [0.15, 0.2) is 140 Å². The normalized spacial score (nSPS) is 28.4. The molecule has 0 radical (unpaired) electrons. The predicted octanol–water partition coefficient (Wildman–Crippen LogP) is 12.8. The number of benzene rings is 5. The number of hydrogen-bond acceptors (Lipinski definition) is 3. The van der Waals surface area contributed by atoms with Crippen LogP contribution in [0.25, 0.3) is 45.3 Å². The van der Waals surface area contributed by atoms with Crippen LogP contribution in [-0.4, -0.2) is 15.0 Å². The molecular formula is C54H49N3. The summed E-state index contributed by atoms with van der Waals surface area (Å²) in [6, 6.07) is 43.1. The lowest BCUT2D eigenvalue weighted by molar-refractivity contribution is -0.00523. The molecule has 4 saturated carbocycles. The van der Waals surface area contributed by atoms with Crippen molar-refractivity contribution in [2.45, 2.75) is 81.5 Å². The van der Waals surface area contributed by atoms with E-state index in [0.717, 1.165) is 34.4 Å². The molecule has 5 aromatic carbocycles.